The Morgan fingerprint density at radius 1 is 1.45 bits per heavy atom. The quantitative estimate of drug-likeness (QED) is 0.640. The molecule has 3 rings (SSSR count). The van der Waals surface area contributed by atoms with Gasteiger partial charge in [-0.05, 0) is 43.0 Å². The van der Waals surface area contributed by atoms with Crippen molar-refractivity contribution < 1.29 is 9.66 Å². The normalized spacial score (nSPS) is 23.0. The molecule has 116 valence electrons. The lowest BCUT2D eigenvalue weighted by Crippen LogP contribution is -2.50. The van der Waals surface area contributed by atoms with E-state index < -0.39 is 10.6 Å². The Kier molecular flexibility index (Phi) is 3.25. The highest BCUT2D eigenvalue weighted by Gasteiger charge is 2.49. The minimum absolute atomic E-state index is 0.149. The third kappa shape index (κ3) is 2.09. The van der Waals surface area contributed by atoms with E-state index in [4.69, 9.17) is 16.3 Å². The fraction of sp³-hybridized carbons (Fsp3) is 0.357. The Bertz CT molecular complexity index is 730. The number of likely N-dealkylation sites (N-methyl/N-ethyl adjacent to an activating group) is 1. The van der Waals surface area contributed by atoms with E-state index in [-0.39, 0.29) is 17.9 Å². The molecule has 0 N–H and O–H groups in total. The zero-order chi connectivity index (χ0) is 16.1. The minimum atomic E-state index is -0.703. The molecule has 0 radical (unpaired) electrons. The average molecular weight is 323 g/mol. The number of ether oxygens (including phenoxy) is 1. The third-order valence-corrected chi connectivity index (χ3v) is 4.49. The van der Waals surface area contributed by atoms with Crippen molar-refractivity contribution in [1.82, 2.24) is 9.55 Å². The van der Waals surface area contributed by atoms with Gasteiger partial charge in [0, 0.05) is 22.7 Å². The average Bonchev–Trinajstić information content (AvgIpc) is 2.99. The van der Waals surface area contributed by atoms with Crippen LogP contribution in [0.15, 0.2) is 30.5 Å². The molecule has 2 heterocycles. The molecule has 7 nitrogen and oxygen atoms in total. The van der Waals surface area contributed by atoms with Crippen molar-refractivity contribution in [3.63, 3.8) is 0 Å². The van der Waals surface area contributed by atoms with Crippen LogP contribution in [0.5, 0.6) is 6.01 Å². The maximum Gasteiger partial charge on any atom is 0.416 e. The van der Waals surface area contributed by atoms with Crippen molar-refractivity contribution >= 4 is 23.1 Å². The van der Waals surface area contributed by atoms with Crippen LogP contribution in [0, 0.1) is 10.1 Å². The minimum Gasteiger partial charge on any atom is -0.417 e. The SMILES string of the molecule is CC1n2cc([N+](=O)[O-])nc2O[C@]1(C)N(C)c1ccc(Cl)cc1. The van der Waals surface area contributed by atoms with Crippen molar-refractivity contribution in [2.45, 2.75) is 25.6 Å². The summed E-state index contributed by atoms with van der Waals surface area (Å²) in [5.41, 5.74) is 0.227. The summed E-state index contributed by atoms with van der Waals surface area (Å²) < 4.78 is 7.61. The van der Waals surface area contributed by atoms with Crippen LogP contribution in [-0.4, -0.2) is 27.2 Å². The molecule has 0 saturated heterocycles. The molecule has 2 aromatic rings. The number of benzene rings is 1. The molecule has 8 heteroatoms. The van der Waals surface area contributed by atoms with Crippen LogP contribution in [-0.2, 0) is 0 Å². The van der Waals surface area contributed by atoms with Crippen LogP contribution in [0.3, 0.4) is 0 Å². The monoisotopic (exact) mass is 322 g/mol. The van der Waals surface area contributed by atoms with Crippen molar-refractivity contribution in [3.05, 3.63) is 45.6 Å². The first-order valence-electron chi connectivity index (χ1n) is 6.74. The van der Waals surface area contributed by atoms with Crippen molar-refractivity contribution in [2.75, 3.05) is 11.9 Å². The van der Waals surface area contributed by atoms with E-state index in [2.05, 4.69) is 4.98 Å². The van der Waals surface area contributed by atoms with Crippen LogP contribution in [0.4, 0.5) is 11.5 Å². The predicted molar refractivity (Wildman–Crippen MR) is 82.5 cm³/mol. The summed E-state index contributed by atoms with van der Waals surface area (Å²) in [6, 6.07) is 7.51. The van der Waals surface area contributed by atoms with Gasteiger partial charge in [0.2, 0.25) is 5.72 Å². The van der Waals surface area contributed by atoms with Crippen molar-refractivity contribution in [1.29, 1.82) is 0 Å². The standard InChI is InChI=1S/C14H15ClN4O3/c1-9-14(2,17(3)11-6-4-10(15)5-7-11)22-13-16-12(19(20)21)8-18(9)13/h4-9H,1-3H3/t9?,14-/m0/s1. The van der Waals surface area contributed by atoms with E-state index in [1.54, 1.807) is 16.7 Å². The Morgan fingerprint density at radius 2 is 2.09 bits per heavy atom. The first kappa shape index (κ1) is 14.6. The van der Waals surface area contributed by atoms with Crippen LogP contribution in [0.25, 0.3) is 0 Å². The smallest absolute Gasteiger partial charge is 0.416 e. The Morgan fingerprint density at radius 3 is 2.64 bits per heavy atom. The van der Waals surface area contributed by atoms with Gasteiger partial charge in [-0.25, -0.2) is 0 Å². The number of nitrogens with zero attached hydrogens (tertiary/aromatic N) is 4. The summed E-state index contributed by atoms with van der Waals surface area (Å²) in [5, 5.41) is 11.5. The maximum atomic E-state index is 10.8. The molecule has 0 amide bonds. The fourth-order valence-corrected chi connectivity index (χ4v) is 2.73. The van der Waals surface area contributed by atoms with Crippen LogP contribution in [0.1, 0.15) is 19.9 Å². The van der Waals surface area contributed by atoms with E-state index in [0.29, 0.717) is 5.02 Å². The summed E-state index contributed by atoms with van der Waals surface area (Å²) >= 11 is 5.91. The molecular weight excluding hydrogens is 308 g/mol. The molecule has 1 aliphatic heterocycles. The molecule has 0 saturated carbocycles. The topological polar surface area (TPSA) is 73.4 Å². The fourth-order valence-electron chi connectivity index (χ4n) is 2.60. The number of fused-ring (bicyclic) bond motifs is 1. The summed E-state index contributed by atoms with van der Waals surface area (Å²) in [7, 11) is 1.90. The molecule has 1 aromatic heterocycles. The zero-order valence-corrected chi connectivity index (χ0v) is 13.1. The molecule has 0 bridgehead atoms. The first-order valence-corrected chi connectivity index (χ1v) is 7.12. The Balaban J connectivity index is 1.92. The maximum absolute atomic E-state index is 10.8. The third-order valence-electron chi connectivity index (χ3n) is 4.24. The van der Waals surface area contributed by atoms with E-state index >= 15 is 0 Å². The van der Waals surface area contributed by atoms with Gasteiger partial charge >= 0.3 is 11.8 Å². The second-order valence-electron chi connectivity index (χ2n) is 5.41. The molecule has 0 aliphatic carbocycles. The lowest BCUT2D eigenvalue weighted by Gasteiger charge is -2.38. The highest BCUT2D eigenvalue weighted by molar-refractivity contribution is 6.30. The number of anilines is 1. The van der Waals surface area contributed by atoms with E-state index in [1.807, 2.05) is 37.9 Å². The molecule has 2 atom stereocenters. The number of nitro groups is 1. The van der Waals surface area contributed by atoms with E-state index in [0.717, 1.165) is 5.69 Å². The van der Waals surface area contributed by atoms with Gasteiger partial charge in [-0.2, -0.15) is 0 Å². The zero-order valence-electron chi connectivity index (χ0n) is 12.4. The van der Waals surface area contributed by atoms with Crippen molar-refractivity contribution in [3.8, 4) is 6.01 Å². The van der Waals surface area contributed by atoms with Crippen LogP contribution in [0.2, 0.25) is 5.02 Å². The highest BCUT2D eigenvalue weighted by Crippen LogP contribution is 2.42. The predicted octanol–water partition coefficient (Wildman–Crippen LogP) is 3.25. The number of hydrogen-bond acceptors (Lipinski definition) is 5. The van der Waals surface area contributed by atoms with Gasteiger partial charge in [0.15, 0.2) is 0 Å². The number of aromatic nitrogens is 2. The Labute approximate surface area is 132 Å². The second-order valence-corrected chi connectivity index (χ2v) is 5.85. The largest absolute Gasteiger partial charge is 0.417 e. The van der Waals surface area contributed by atoms with Crippen LogP contribution >= 0.6 is 11.6 Å². The second kappa shape index (κ2) is 4.88. The van der Waals surface area contributed by atoms with Crippen molar-refractivity contribution in [2.24, 2.45) is 0 Å². The molecule has 0 fully saturated rings. The lowest BCUT2D eigenvalue weighted by molar-refractivity contribution is -0.389. The first-order chi connectivity index (χ1) is 10.3. The molecule has 1 aromatic carbocycles. The summed E-state index contributed by atoms with van der Waals surface area (Å²) in [6.45, 7) is 3.86. The van der Waals surface area contributed by atoms with Gasteiger partial charge in [0.25, 0.3) is 0 Å². The number of hydrogen-bond donors (Lipinski definition) is 0. The number of imidazole rings is 1. The van der Waals surface area contributed by atoms with Gasteiger partial charge in [0.05, 0.1) is 6.04 Å². The molecule has 1 aliphatic rings. The van der Waals surface area contributed by atoms with Gasteiger partial charge in [-0.15, -0.1) is 0 Å². The molecular formula is C14H15ClN4O3. The number of halogens is 1. The van der Waals surface area contributed by atoms with Gasteiger partial charge in [-0.3, -0.25) is 4.57 Å². The lowest BCUT2D eigenvalue weighted by atomic mass is 10.1. The summed E-state index contributed by atoms with van der Waals surface area (Å²) in [6.07, 6.45) is 1.40. The molecule has 1 unspecified atom stereocenters. The highest BCUT2D eigenvalue weighted by atomic mass is 35.5. The van der Waals surface area contributed by atoms with E-state index in [1.165, 1.54) is 6.20 Å². The summed E-state index contributed by atoms with van der Waals surface area (Å²) in [5.74, 6) is -0.210. The molecule has 0 spiro atoms. The number of rotatable bonds is 3. The van der Waals surface area contributed by atoms with Gasteiger partial charge in [-0.1, -0.05) is 11.6 Å². The van der Waals surface area contributed by atoms with Gasteiger partial charge in [0.1, 0.15) is 6.20 Å². The molecule has 22 heavy (non-hydrogen) atoms. The summed E-state index contributed by atoms with van der Waals surface area (Å²) in [4.78, 5) is 16.2. The van der Waals surface area contributed by atoms with Gasteiger partial charge < -0.3 is 19.8 Å². The van der Waals surface area contributed by atoms with E-state index in [9.17, 15) is 10.1 Å². The van der Waals surface area contributed by atoms with Crippen LogP contribution < -0.4 is 9.64 Å². The Hall–Kier alpha value is -2.28.